The molecule has 1 atom stereocenters. The topological polar surface area (TPSA) is 64.3 Å². The van der Waals surface area contributed by atoms with Crippen LogP contribution in [0, 0.1) is 0 Å². The molecule has 1 N–H and O–H groups in total. The number of furan rings is 1. The molecule has 1 unspecified atom stereocenters. The summed E-state index contributed by atoms with van der Waals surface area (Å²) in [5, 5.41) is 3.31. The lowest BCUT2D eigenvalue weighted by molar-refractivity contribution is -0.131. The summed E-state index contributed by atoms with van der Waals surface area (Å²) >= 11 is 0. The Morgan fingerprint density at radius 2 is 2.00 bits per heavy atom. The molecule has 0 aliphatic carbocycles. The minimum Gasteiger partial charge on any atom is -0.468 e. The van der Waals surface area contributed by atoms with Gasteiger partial charge in [0, 0.05) is 26.7 Å². The van der Waals surface area contributed by atoms with E-state index in [0.717, 1.165) is 44.4 Å². The molecule has 1 fully saturated rings. The molecular weight excluding hydrogens is 342 g/mol. The number of amides is 1. The van der Waals surface area contributed by atoms with E-state index in [1.54, 1.807) is 6.26 Å². The number of likely N-dealkylation sites (tertiary alicyclic amines) is 1. The van der Waals surface area contributed by atoms with Crippen molar-refractivity contribution in [1.82, 2.24) is 20.0 Å². The maximum Gasteiger partial charge on any atom is 0.242 e. The third-order valence-corrected chi connectivity index (χ3v) is 5.05. The molecule has 0 radical (unpaired) electrons. The third-order valence-electron chi connectivity index (χ3n) is 5.05. The van der Waals surface area contributed by atoms with Crippen molar-refractivity contribution in [1.29, 1.82) is 0 Å². The predicted molar refractivity (Wildman–Crippen MR) is 109 cm³/mol. The number of likely N-dealkylation sites (N-methyl/N-ethyl adjacent to an activating group) is 2. The second kappa shape index (κ2) is 11.0. The molecule has 1 saturated heterocycles. The highest BCUT2D eigenvalue weighted by Gasteiger charge is 2.25. The first-order valence-corrected chi connectivity index (χ1v) is 10.1. The summed E-state index contributed by atoms with van der Waals surface area (Å²) < 4.78 is 5.68. The largest absolute Gasteiger partial charge is 0.468 e. The van der Waals surface area contributed by atoms with Gasteiger partial charge in [0.2, 0.25) is 5.91 Å². The Labute approximate surface area is 163 Å². The highest BCUT2D eigenvalue weighted by Crippen LogP contribution is 2.25. The molecule has 0 bridgehead atoms. The van der Waals surface area contributed by atoms with Gasteiger partial charge in [-0.3, -0.25) is 14.7 Å². The van der Waals surface area contributed by atoms with Crippen LogP contribution in [-0.2, 0) is 4.79 Å². The summed E-state index contributed by atoms with van der Waals surface area (Å²) in [7, 11) is 1.92. The molecule has 27 heavy (non-hydrogen) atoms. The van der Waals surface area contributed by atoms with E-state index in [1.165, 1.54) is 12.8 Å². The summed E-state index contributed by atoms with van der Waals surface area (Å²) in [4.78, 5) is 23.5. The molecule has 1 aliphatic heterocycles. The molecule has 1 aliphatic rings. The third kappa shape index (κ3) is 5.99. The van der Waals surface area contributed by atoms with E-state index in [0.29, 0.717) is 13.1 Å². The zero-order valence-electron chi connectivity index (χ0n) is 17.3. The number of carbonyl (C=O) groups is 1. The Morgan fingerprint density at radius 1 is 1.30 bits per heavy atom. The molecule has 1 aromatic heterocycles. The van der Waals surface area contributed by atoms with Gasteiger partial charge in [-0.15, -0.1) is 0 Å². The quantitative estimate of drug-likeness (QED) is 0.528. The van der Waals surface area contributed by atoms with Gasteiger partial charge in [0.25, 0.3) is 0 Å². The van der Waals surface area contributed by atoms with Crippen LogP contribution in [0.5, 0.6) is 0 Å². The van der Waals surface area contributed by atoms with Crippen LogP contribution < -0.4 is 5.32 Å². The highest BCUT2D eigenvalue weighted by molar-refractivity contribution is 5.86. The molecule has 1 aromatic rings. The monoisotopic (exact) mass is 377 g/mol. The van der Waals surface area contributed by atoms with E-state index in [9.17, 15) is 4.79 Å². The predicted octanol–water partition coefficient (Wildman–Crippen LogP) is 2.18. The van der Waals surface area contributed by atoms with Gasteiger partial charge in [-0.2, -0.15) is 0 Å². The molecule has 152 valence electrons. The number of rotatable bonds is 9. The summed E-state index contributed by atoms with van der Waals surface area (Å²) in [5.41, 5.74) is 0. The maximum absolute atomic E-state index is 12.4. The summed E-state index contributed by atoms with van der Waals surface area (Å²) in [6, 6.07) is 4.10. The van der Waals surface area contributed by atoms with Crippen LogP contribution in [0.3, 0.4) is 0 Å². The Kier molecular flexibility index (Phi) is 8.64. The molecule has 0 aromatic carbocycles. The number of nitrogens with one attached hydrogen (secondary N) is 1. The number of carbonyl (C=O) groups excluding carboxylic acids is 1. The van der Waals surface area contributed by atoms with Gasteiger partial charge in [0.15, 0.2) is 5.96 Å². The fourth-order valence-electron chi connectivity index (χ4n) is 3.52. The van der Waals surface area contributed by atoms with Gasteiger partial charge in [-0.05, 0) is 58.8 Å². The van der Waals surface area contributed by atoms with Crippen LogP contribution >= 0.6 is 0 Å². The Morgan fingerprint density at radius 3 is 2.56 bits per heavy atom. The molecule has 7 nitrogen and oxygen atoms in total. The minimum absolute atomic E-state index is 0.121. The van der Waals surface area contributed by atoms with E-state index in [2.05, 4.69) is 10.2 Å². The Balaban J connectivity index is 2.08. The number of aliphatic imine (C=N–C) groups is 1. The lowest BCUT2D eigenvalue weighted by Gasteiger charge is -2.27. The van der Waals surface area contributed by atoms with Crippen molar-refractivity contribution in [2.75, 3.05) is 52.9 Å². The van der Waals surface area contributed by atoms with Crippen molar-refractivity contribution in [3.8, 4) is 0 Å². The van der Waals surface area contributed by atoms with Gasteiger partial charge in [-0.1, -0.05) is 0 Å². The van der Waals surface area contributed by atoms with E-state index in [4.69, 9.17) is 9.41 Å². The number of nitrogens with zero attached hydrogens (tertiary/aromatic N) is 4. The first-order valence-electron chi connectivity index (χ1n) is 10.1. The van der Waals surface area contributed by atoms with Crippen molar-refractivity contribution in [2.24, 2.45) is 4.99 Å². The smallest absolute Gasteiger partial charge is 0.242 e. The van der Waals surface area contributed by atoms with Crippen molar-refractivity contribution in [3.63, 3.8) is 0 Å². The van der Waals surface area contributed by atoms with Crippen molar-refractivity contribution in [2.45, 2.75) is 39.7 Å². The van der Waals surface area contributed by atoms with Crippen LogP contribution in [0.1, 0.15) is 45.4 Å². The molecule has 0 saturated carbocycles. The maximum atomic E-state index is 12.4. The number of hydrogen-bond acceptors (Lipinski definition) is 4. The van der Waals surface area contributed by atoms with E-state index in [1.807, 2.05) is 49.8 Å². The lowest BCUT2D eigenvalue weighted by atomic mass is 10.2. The van der Waals surface area contributed by atoms with Gasteiger partial charge >= 0.3 is 0 Å². The van der Waals surface area contributed by atoms with Crippen LogP contribution in [0.4, 0.5) is 0 Å². The van der Waals surface area contributed by atoms with Crippen molar-refractivity contribution >= 4 is 11.9 Å². The molecular formula is C20H35N5O2. The minimum atomic E-state index is 0.121. The van der Waals surface area contributed by atoms with E-state index < -0.39 is 0 Å². The molecule has 2 rings (SSSR count). The second-order valence-corrected chi connectivity index (χ2v) is 6.89. The van der Waals surface area contributed by atoms with Crippen molar-refractivity contribution < 1.29 is 9.21 Å². The van der Waals surface area contributed by atoms with Crippen LogP contribution in [0.25, 0.3) is 0 Å². The first-order chi connectivity index (χ1) is 13.1. The fraction of sp³-hybridized carbons (Fsp3) is 0.700. The lowest BCUT2D eigenvalue weighted by Crippen LogP contribution is -2.46. The van der Waals surface area contributed by atoms with Crippen LogP contribution in [0.2, 0.25) is 0 Å². The zero-order valence-corrected chi connectivity index (χ0v) is 17.3. The summed E-state index contributed by atoms with van der Waals surface area (Å²) in [6.45, 7) is 11.4. The molecule has 2 heterocycles. The average molecular weight is 378 g/mol. The molecule has 0 spiro atoms. The van der Waals surface area contributed by atoms with Crippen LogP contribution in [-0.4, -0.2) is 79.4 Å². The van der Waals surface area contributed by atoms with E-state index >= 15 is 0 Å². The van der Waals surface area contributed by atoms with Gasteiger partial charge in [0.05, 0.1) is 25.4 Å². The summed E-state index contributed by atoms with van der Waals surface area (Å²) in [5.74, 6) is 1.84. The van der Waals surface area contributed by atoms with Gasteiger partial charge < -0.3 is 19.5 Å². The number of guanidine groups is 1. The normalized spacial score (nSPS) is 16.4. The Bertz CT molecular complexity index is 577. The SMILES string of the molecule is CCNC(=NCC(c1ccco1)N1CCCC1)N(C)CC(=O)N(CC)CC. The van der Waals surface area contributed by atoms with Gasteiger partial charge in [-0.25, -0.2) is 0 Å². The first kappa shape index (κ1) is 21.3. The average Bonchev–Trinajstić information content (AvgIpc) is 3.36. The van der Waals surface area contributed by atoms with Crippen molar-refractivity contribution in [3.05, 3.63) is 24.2 Å². The fourth-order valence-corrected chi connectivity index (χ4v) is 3.52. The van der Waals surface area contributed by atoms with Gasteiger partial charge in [0.1, 0.15) is 5.76 Å². The standard InChI is InChI=1S/C20H35N5O2/c1-5-21-20(23(4)16-19(26)24(6-2)7-3)22-15-17(18-11-10-14-27-18)25-12-8-9-13-25/h10-11,14,17H,5-9,12-13,15-16H2,1-4H3,(H,21,22). The van der Waals surface area contributed by atoms with Crippen LogP contribution in [0.15, 0.2) is 27.8 Å². The zero-order chi connectivity index (χ0) is 19.6. The Hall–Kier alpha value is -2.02. The number of hydrogen-bond donors (Lipinski definition) is 1. The highest BCUT2D eigenvalue weighted by atomic mass is 16.3. The summed E-state index contributed by atoms with van der Waals surface area (Å²) in [6.07, 6.45) is 4.17. The van der Waals surface area contributed by atoms with E-state index in [-0.39, 0.29) is 11.9 Å². The molecule has 7 heteroatoms. The molecule has 1 amide bonds. The second-order valence-electron chi connectivity index (χ2n) is 6.89.